The Kier molecular flexibility index (Phi) is 6.50. The van der Waals surface area contributed by atoms with Gasteiger partial charge in [-0.3, -0.25) is 4.90 Å². The van der Waals surface area contributed by atoms with Gasteiger partial charge in [-0.2, -0.15) is 0 Å². The van der Waals surface area contributed by atoms with E-state index in [1.807, 2.05) is 0 Å². The molecule has 0 bridgehead atoms. The minimum Gasteiger partial charge on any atom is -0.312 e. The molecule has 0 aromatic heterocycles. The van der Waals surface area contributed by atoms with Crippen LogP contribution in [0.15, 0.2) is 0 Å². The van der Waals surface area contributed by atoms with Gasteiger partial charge in [0.1, 0.15) is 0 Å². The molecular formula is C15H32N2. The van der Waals surface area contributed by atoms with E-state index in [1.165, 1.54) is 38.8 Å². The van der Waals surface area contributed by atoms with E-state index in [2.05, 4.69) is 44.8 Å². The van der Waals surface area contributed by atoms with Crippen molar-refractivity contribution in [1.29, 1.82) is 0 Å². The van der Waals surface area contributed by atoms with Gasteiger partial charge < -0.3 is 5.32 Å². The SMILES string of the molecule is CCCC(CNC1CC1)N(CC(C)C)C(C)C. The van der Waals surface area contributed by atoms with Crippen LogP contribution >= 0.6 is 0 Å². The maximum atomic E-state index is 3.71. The number of nitrogens with one attached hydrogen (secondary N) is 1. The molecular weight excluding hydrogens is 208 g/mol. The first-order chi connectivity index (χ1) is 8.04. The fraction of sp³-hybridized carbons (Fsp3) is 1.00. The molecule has 0 saturated heterocycles. The molecule has 0 spiro atoms. The second-order valence-electron chi connectivity index (χ2n) is 6.31. The average Bonchev–Trinajstić information content (AvgIpc) is 3.04. The average molecular weight is 240 g/mol. The van der Waals surface area contributed by atoms with Gasteiger partial charge in [-0.1, -0.05) is 27.2 Å². The molecule has 1 aliphatic rings. The van der Waals surface area contributed by atoms with E-state index in [4.69, 9.17) is 0 Å². The zero-order valence-electron chi connectivity index (χ0n) is 12.5. The summed E-state index contributed by atoms with van der Waals surface area (Å²) in [4.78, 5) is 2.70. The van der Waals surface area contributed by atoms with Crippen molar-refractivity contribution < 1.29 is 0 Å². The highest BCUT2D eigenvalue weighted by Crippen LogP contribution is 2.20. The number of rotatable bonds is 9. The lowest BCUT2D eigenvalue weighted by Gasteiger charge is -2.36. The second-order valence-corrected chi connectivity index (χ2v) is 6.31. The molecule has 1 unspecified atom stereocenters. The Morgan fingerprint density at radius 3 is 2.24 bits per heavy atom. The summed E-state index contributed by atoms with van der Waals surface area (Å²) in [6.45, 7) is 14.0. The lowest BCUT2D eigenvalue weighted by molar-refractivity contribution is 0.124. The fourth-order valence-corrected chi connectivity index (χ4v) is 2.51. The van der Waals surface area contributed by atoms with Crippen LogP contribution in [0, 0.1) is 5.92 Å². The molecule has 1 saturated carbocycles. The molecule has 2 heteroatoms. The number of hydrogen-bond acceptors (Lipinski definition) is 2. The smallest absolute Gasteiger partial charge is 0.0223 e. The Labute approximate surface area is 108 Å². The van der Waals surface area contributed by atoms with Gasteiger partial charge >= 0.3 is 0 Å². The van der Waals surface area contributed by atoms with E-state index in [1.54, 1.807) is 0 Å². The molecule has 102 valence electrons. The van der Waals surface area contributed by atoms with Crippen LogP contribution in [0.3, 0.4) is 0 Å². The maximum Gasteiger partial charge on any atom is 0.0223 e. The summed E-state index contributed by atoms with van der Waals surface area (Å²) >= 11 is 0. The van der Waals surface area contributed by atoms with Crippen LogP contribution in [0.1, 0.15) is 60.3 Å². The zero-order valence-corrected chi connectivity index (χ0v) is 12.5. The normalized spacial score (nSPS) is 18.4. The quantitative estimate of drug-likeness (QED) is 0.665. The van der Waals surface area contributed by atoms with Gasteiger partial charge in [-0.25, -0.2) is 0 Å². The summed E-state index contributed by atoms with van der Waals surface area (Å²) in [5, 5.41) is 3.71. The molecule has 0 aromatic rings. The minimum atomic E-state index is 0.662. The van der Waals surface area contributed by atoms with Crippen LogP contribution in [0.5, 0.6) is 0 Å². The van der Waals surface area contributed by atoms with Crippen molar-refractivity contribution in [2.24, 2.45) is 5.92 Å². The summed E-state index contributed by atoms with van der Waals surface area (Å²) < 4.78 is 0. The van der Waals surface area contributed by atoms with Crippen LogP contribution in [0.25, 0.3) is 0 Å². The van der Waals surface area contributed by atoms with Crippen molar-refractivity contribution in [1.82, 2.24) is 10.2 Å². The first-order valence-corrected chi connectivity index (χ1v) is 7.53. The molecule has 0 aromatic carbocycles. The molecule has 0 aliphatic heterocycles. The zero-order chi connectivity index (χ0) is 12.8. The third-order valence-corrected chi connectivity index (χ3v) is 3.55. The Hall–Kier alpha value is -0.0800. The Bertz CT molecular complexity index is 197. The molecule has 17 heavy (non-hydrogen) atoms. The largest absolute Gasteiger partial charge is 0.312 e. The van der Waals surface area contributed by atoms with Crippen LogP contribution in [0.4, 0.5) is 0 Å². The van der Waals surface area contributed by atoms with Crippen LogP contribution in [0.2, 0.25) is 0 Å². The Morgan fingerprint density at radius 1 is 1.18 bits per heavy atom. The second kappa shape index (κ2) is 7.38. The van der Waals surface area contributed by atoms with Gasteiger partial charge in [0.05, 0.1) is 0 Å². The van der Waals surface area contributed by atoms with Crippen molar-refractivity contribution in [2.75, 3.05) is 13.1 Å². The number of nitrogens with zero attached hydrogens (tertiary/aromatic N) is 1. The van der Waals surface area contributed by atoms with Crippen molar-refractivity contribution in [3.63, 3.8) is 0 Å². The van der Waals surface area contributed by atoms with E-state index >= 15 is 0 Å². The molecule has 2 nitrogen and oxygen atoms in total. The maximum absolute atomic E-state index is 3.71. The monoisotopic (exact) mass is 240 g/mol. The highest BCUT2D eigenvalue weighted by Gasteiger charge is 2.25. The lowest BCUT2D eigenvalue weighted by Crippen LogP contribution is -2.47. The highest BCUT2D eigenvalue weighted by molar-refractivity contribution is 4.85. The van der Waals surface area contributed by atoms with Gasteiger partial charge in [0.25, 0.3) is 0 Å². The van der Waals surface area contributed by atoms with Gasteiger partial charge in [-0.15, -0.1) is 0 Å². The van der Waals surface area contributed by atoms with Crippen LogP contribution < -0.4 is 5.32 Å². The summed E-state index contributed by atoms with van der Waals surface area (Å²) in [7, 11) is 0. The molecule has 1 atom stereocenters. The van der Waals surface area contributed by atoms with Gasteiger partial charge in [0.2, 0.25) is 0 Å². The highest BCUT2D eigenvalue weighted by atomic mass is 15.2. The van der Waals surface area contributed by atoms with Crippen molar-refractivity contribution >= 4 is 0 Å². The topological polar surface area (TPSA) is 15.3 Å². The molecule has 1 fully saturated rings. The van der Waals surface area contributed by atoms with E-state index in [0.717, 1.165) is 18.0 Å². The predicted molar refractivity (Wildman–Crippen MR) is 76.4 cm³/mol. The first-order valence-electron chi connectivity index (χ1n) is 7.53. The van der Waals surface area contributed by atoms with Crippen molar-refractivity contribution in [2.45, 2.75) is 78.4 Å². The molecule has 1 rings (SSSR count). The lowest BCUT2D eigenvalue weighted by atomic mass is 10.1. The van der Waals surface area contributed by atoms with E-state index in [0.29, 0.717) is 6.04 Å². The molecule has 1 aliphatic carbocycles. The van der Waals surface area contributed by atoms with E-state index < -0.39 is 0 Å². The third-order valence-electron chi connectivity index (χ3n) is 3.55. The summed E-state index contributed by atoms with van der Waals surface area (Å²) in [6.07, 6.45) is 5.40. The van der Waals surface area contributed by atoms with Crippen molar-refractivity contribution in [3.05, 3.63) is 0 Å². The molecule has 0 radical (unpaired) electrons. The van der Waals surface area contributed by atoms with E-state index in [-0.39, 0.29) is 0 Å². The van der Waals surface area contributed by atoms with Gasteiger partial charge in [0, 0.05) is 31.2 Å². The third kappa shape index (κ3) is 5.87. The Balaban J connectivity index is 2.47. The fourth-order valence-electron chi connectivity index (χ4n) is 2.51. The molecule has 0 amide bonds. The van der Waals surface area contributed by atoms with E-state index in [9.17, 15) is 0 Å². The Morgan fingerprint density at radius 2 is 1.82 bits per heavy atom. The number of hydrogen-bond donors (Lipinski definition) is 1. The first kappa shape index (κ1) is 15.0. The summed E-state index contributed by atoms with van der Waals surface area (Å²) in [6, 6.07) is 2.22. The summed E-state index contributed by atoms with van der Waals surface area (Å²) in [5.41, 5.74) is 0. The standard InChI is InChI=1S/C15H32N2/c1-6-7-15(10-16-14-8-9-14)17(13(4)5)11-12(2)3/h12-16H,6-11H2,1-5H3. The molecule has 0 heterocycles. The van der Waals surface area contributed by atoms with Crippen LogP contribution in [-0.2, 0) is 0 Å². The van der Waals surface area contributed by atoms with Crippen LogP contribution in [-0.4, -0.2) is 36.1 Å². The van der Waals surface area contributed by atoms with Gasteiger partial charge in [0.15, 0.2) is 0 Å². The minimum absolute atomic E-state index is 0.662. The summed E-state index contributed by atoms with van der Waals surface area (Å²) in [5.74, 6) is 0.762. The molecule has 1 N–H and O–H groups in total. The van der Waals surface area contributed by atoms with Crippen molar-refractivity contribution in [3.8, 4) is 0 Å². The predicted octanol–water partition coefficient (Wildman–Crippen LogP) is 3.27. The van der Waals surface area contributed by atoms with Gasteiger partial charge in [-0.05, 0) is 39.0 Å².